The minimum absolute atomic E-state index is 0.00872. The molecule has 0 saturated carbocycles. The van der Waals surface area contributed by atoms with Gasteiger partial charge in [-0.1, -0.05) is 0 Å². The molecule has 0 atom stereocenters. The number of alkyl halides is 3. The maximum absolute atomic E-state index is 12.6. The minimum Gasteiger partial charge on any atom is -0.504 e. The molecule has 4 rings (SSSR count). The number of fused-ring (bicyclic) bond motifs is 1. The van der Waals surface area contributed by atoms with E-state index in [9.17, 15) is 23.1 Å². The molecule has 2 aromatic heterocycles. The Bertz CT molecular complexity index is 1090. The fourth-order valence-corrected chi connectivity index (χ4v) is 3.61. The highest BCUT2D eigenvalue weighted by atomic mass is 19.4. The quantitative estimate of drug-likeness (QED) is 0.627. The smallest absolute Gasteiger partial charge is 0.401 e. The number of ether oxygens (including phenoxy) is 1. The zero-order valence-electron chi connectivity index (χ0n) is 17.7. The van der Waals surface area contributed by atoms with Crippen molar-refractivity contribution in [2.24, 2.45) is 4.99 Å². The number of nitrogens with zero attached hydrogens (tertiary/aromatic N) is 4. The molecule has 2 aliphatic heterocycles. The summed E-state index contributed by atoms with van der Waals surface area (Å²) in [4.78, 5) is 22.1. The number of pyridine rings is 1. The standard InChI is InChI=1S/C21H22F3N5O4/c1-2-32-20(31)16-17(30)15(10-13-11-26-18-14(13)4-3-5-25-18)33-19(16)27-29-8-6-28(7-9-29)12-21(22,23)24/h3-5,10-11,27,30H,2,6-9,12H2,1H3. The van der Waals surface area contributed by atoms with Gasteiger partial charge in [0.05, 0.1) is 13.2 Å². The molecule has 0 aromatic carbocycles. The number of furan rings is 1. The highest BCUT2D eigenvalue weighted by Crippen LogP contribution is 2.38. The van der Waals surface area contributed by atoms with Crippen LogP contribution in [0.1, 0.15) is 28.6 Å². The van der Waals surface area contributed by atoms with E-state index in [1.165, 1.54) is 11.0 Å². The molecule has 0 unspecified atom stereocenters. The van der Waals surface area contributed by atoms with Crippen molar-refractivity contribution in [3.63, 3.8) is 0 Å². The number of carbonyl (C=O) groups excluding carboxylic acids is 1. The number of anilines is 1. The number of hydrazine groups is 1. The Hall–Kier alpha value is -3.38. The Kier molecular flexibility index (Phi) is 6.38. The molecule has 1 saturated heterocycles. The van der Waals surface area contributed by atoms with Crippen molar-refractivity contribution in [2.75, 3.05) is 44.8 Å². The Morgan fingerprint density at radius 2 is 2.09 bits per heavy atom. The fourth-order valence-electron chi connectivity index (χ4n) is 3.61. The average molecular weight is 465 g/mol. The van der Waals surface area contributed by atoms with Crippen LogP contribution in [0.3, 0.4) is 0 Å². The number of piperazine rings is 1. The molecule has 33 heavy (non-hydrogen) atoms. The second-order valence-corrected chi connectivity index (χ2v) is 7.46. The third-order valence-corrected chi connectivity index (χ3v) is 5.13. The highest BCUT2D eigenvalue weighted by Gasteiger charge is 2.33. The molecule has 4 heterocycles. The van der Waals surface area contributed by atoms with Gasteiger partial charge in [-0.15, -0.1) is 0 Å². The normalized spacial score (nSPS) is 18.0. The summed E-state index contributed by atoms with van der Waals surface area (Å²) in [5.74, 6) is -0.720. The lowest BCUT2D eigenvalue weighted by molar-refractivity contribution is -0.148. The van der Waals surface area contributed by atoms with Crippen molar-refractivity contribution in [3.8, 4) is 5.75 Å². The van der Waals surface area contributed by atoms with Gasteiger partial charge >= 0.3 is 12.1 Å². The zero-order valence-corrected chi connectivity index (χ0v) is 17.7. The first-order valence-electron chi connectivity index (χ1n) is 10.3. The molecule has 0 spiro atoms. The Balaban J connectivity index is 1.56. The molecule has 2 aromatic rings. The summed E-state index contributed by atoms with van der Waals surface area (Å²) in [7, 11) is 0. The number of aromatic hydroxyl groups is 1. The van der Waals surface area contributed by atoms with E-state index in [1.807, 2.05) is 6.07 Å². The summed E-state index contributed by atoms with van der Waals surface area (Å²) in [6.07, 6.45) is 0.441. The molecule has 9 nitrogen and oxygen atoms in total. The number of esters is 1. The minimum atomic E-state index is -4.26. The lowest BCUT2D eigenvalue weighted by atomic mass is 10.1. The van der Waals surface area contributed by atoms with E-state index in [0.717, 1.165) is 5.56 Å². The predicted molar refractivity (Wildman–Crippen MR) is 114 cm³/mol. The average Bonchev–Trinajstić information content (AvgIpc) is 3.30. The van der Waals surface area contributed by atoms with Gasteiger partial charge in [-0.3, -0.25) is 10.3 Å². The summed E-state index contributed by atoms with van der Waals surface area (Å²) in [5.41, 5.74) is 4.08. The van der Waals surface area contributed by atoms with Crippen molar-refractivity contribution in [3.05, 3.63) is 35.2 Å². The van der Waals surface area contributed by atoms with Crippen molar-refractivity contribution in [1.29, 1.82) is 0 Å². The largest absolute Gasteiger partial charge is 0.504 e. The van der Waals surface area contributed by atoms with E-state index in [-0.39, 0.29) is 50.0 Å². The highest BCUT2D eigenvalue weighted by molar-refractivity contribution is 6.21. The maximum atomic E-state index is 12.6. The first kappa shape index (κ1) is 22.8. The van der Waals surface area contributed by atoms with Gasteiger partial charge in [0.2, 0.25) is 5.88 Å². The number of halogens is 3. The molecule has 0 amide bonds. The van der Waals surface area contributed by atoms with Gasteiger partial charge in [-0.05, 0) is 25.1 Å². The number of rotatable bonds is 6. The van der Waals surface area contributed by atoms with Crippen LogP contribution < -0.4 is 5.43 Å². The van der Waals surface area contributed by atoms with Crippen molar-refractivity contribution in [1.82, 2.24) is 14.9 Å². The van der Waals surface area contributed by atoms with Crippen molar-refractivity contribution < 1.29 is 32.2 Å². The van der Waals surface area contributed by atoms with Crippen LogP contribution in [-0.2, 0) is 4.74 Å². The van der Waals surface area contributed by atoms with Gasteiger partial charge in [-0.2, -0.15) is 13.2 Å². The van der Waals surface area contributed by atoms with Crippen LogP contribution in [0, 0.1) is 0 Å². The van der Waals surface area contributed by atoms with Crippen LogP contribution in [0.25, 0.3) is 11.6 Å². The lowest BCUT2D eigenvalue weighted by Crippen LogP contribution is -2.50. The van der Waals surface area contributed by atoms with Crippen molar-refractivity contribution >= 4 is 35.5 Å². The monoisotopic (exact) mass is 465 g/mol. The van der Waals surface area contributed by atoms with Gasteiger partial charge in [0.1, 0.15) is 0 Å². The van der Waals surface area contributed by atoms with E-state index in [1.54, 1.807) is 30.4 Å². The van der Waals surface area contributed by atoms with Crippen LogP contribution in [0.15, 0.2) is 27.7 Å². The molecular weight excluding hydrogens is 443 g/mol. The molecule has 0 bridgehead atoms. The number of carbonyl (C=O) groups is 1. The molecule has 0 aliphatic carbocycles. The van der Waals surface area contributed by atoms with E-state index < -0.39 is 24.4 Å². The molecule has 2 N–H and O–H groups in total. The number of aromatic nitrogens is 1. The summed E-state index contributed by atoms with van der Waals surface area (Å²) in [6, 6.07) is 3.56. The lowest BCUT2D eigenvalue weighted by Gasteiger charge is -2.34. The zero-order chi connectivity index (χ0) is 23.6. The molecule has 1 fully saturated rings. The topological polar surface area (TPSA) is 103 Å². The van der Waals surface area contributed by atoms with Crippen LogP contribution >= 0.6 is 0 Å². The second-order valence-electron chi connectivity index (χ2n) is 7.46. The van der Waals surface area contributed by atoms with Crippen LogP contribution in [-0.4, -0.2) is 77.7 Å². The number of aliphatic imine (C=N–C) groups is 1. The first-order valence-corrected chi connectivity index (χ1v) is 10.3. The van der Waals surface area contributed by atoms with Gasteiger partial charge in [0, 0.05) is 49.7 Å². The van der Waals surface area contributed by atoms with E-state index >= 15 is 0 Å². The van der Waals surface area contributed by atoms with Crippen LogP contribution in [0.2, 0.25) is 0 Å². The third kappa shape index (κ3) is 5.17. The summed E-state index contributed by atoms with van der Waals surface area (Å²) in [6.45, 7) is 1.58. The Morgan fingerprint density at radius 3 is 2.79 bits per heavy atom. The molecule has 176 valence electrons. The summed E-state index contributed by atoms with van der Waals surface area (Å²) < 4.78 is 48.7. The molecular formula is C21H22F3N5O4. The third-order valence-electron chi connectivity index (χ3n) is 5.13. The van der Waals surface area contributed by atoms with Gasteiger partial charge in [-0.25, -0.2) is 19.8 Å². The Morgan fingerprint density at radius 1 is 1.33 bits per heavy atom. The number of hydrogen-bond donors (Lipinski definition) is 2. The molecule has 12 heteroatoms. The van der Waals surface area contributed by atoms with Crippen molar-refractivity contribution in [2.45, 2.75) is 13.1 Å². The summed E-state index contributed by atoms with van der Waals surface area (Å²) >= 11 is 0. The number of nitrogens with one attached hydrogen (secondary N) is 1. The number of hydrogen-bond acceptors (Lipinski definition) is 9. The van der Waals surface area contributed by atoms with Gasteiger partial charge in [0.25, 0.3) is 0 Å². The van der Waals surface area contributed by atoms with E-state index in [2.05, 4.69) is 15.4 Å². The van der Waals surface area contributed by atoms with Crippen LogP contribution in [0.4, 0.5) is 24.9 Å². The fraction of sp³-hybridized carbons (Fsp3) is 0.381. The van der Waals surface area contributed by atoms with Crippen LogP contribution in [0.5, 0.6) is 5.75 Å². The predicted octanol–water partition coefficient (Wildman–Crippen LogP) is 3.32. The number of allylic oxidation sites excluding steroid dienone is 1. The Labute approximate surface area is 187 Å². The van der Waals surface area contributed by atoms with E-state index in [0.29, 0.717) is 11.4 Å². The first-order chi connectivity index (χ1) is 15.7. The van der Waals surface area contributed by atoms with Gasteiger partial charge < -0.3 is 14.3 Å². The second kappa shape index (κ2) is 9.24. The summed E-state index contributed by atoms with van der Waals surface area (Å²) in [5, 5.41) is 12.3. The maximum Gasteiger partial charge on any atom is 0.401 e. The SMILES string of the molecule is CCOC(=O)c1c(NN2CCN(CC(F)(F)F)CC2)oc(C=C2C=Nc3ncccc32)c1O. The molecule has 0 radical (unpaired) electrons. The van der Waals surface area contributed by atoms with Gasteiger partial charge in [0.15, 0.2) is 22.9 Å². The molecule has 2 aliphatic rings. The van der Waals surface area contributed by atoms with E-state index in [4.69, 9.17) is 9.15 Å².